The van der Waals surface area contributed by atoms with Crippen LogP contribution in [0.3, 0.4) is 0 Å². The number of aromatic amines is 1. The second-order valence-corrected chi connectivity index (χ2v) is 10.9. The average molecular weight is 477 g/mol. The monoisotopic (exact) mass is 476 g/mol. The molecule has 2 fully saturated rings. The summed E-state index contributed by atoms with van der Waals surface area (Å²) < 4.78 is 2.05. The van der Waals surface area contributed by atoms with Crippen molar-refractivity contribution in [2.24, 2.45) is 11.1 Å². The number of H-pyrrole nitrogens is 1. The van der Waals surface area contributed by atoms with Gasteiger partial charge in [0.2, 0.25) is 5.95 Å². The minimum absolute atomic E-state index is 0.0449. The van der Waals surface area contributed by atoms with Crippen molar-refractivity contribution < 1.29 is 0 Å². The van der Waals surface area contributed by atoms with Gasteiger partial charge in [-0.2, -0.15) is 10.1 Å². The fourth-order valence-corrected chi connectivity index (χ4v) is 6.92. The third kappa shape index (κ3) is 2.67. The highest BCUT2D eigenvalue weighted by molar-refractivity contribution is 5.94. The third-order valence-electron chi connectivity index (χ3n) is 9.13. The van der Waals surface area contributed by atoms with Crippen molar-refractivity contribution in [3.05, 3.63) is 83.3 Å². The molecule has 8 rings (SSSR count). The van der Waals surface area contributed by atoms with E-state index in [0.29, 0.717) is 5.65 Å². The van der Waals surface area contributed by atoms with Gasteiger partial charge in [0.05, 0.1) is 11.1 Å². The number of fused-ring (bicyclic) bond motifs is 4. The van der Waals surface area contributed by atoms with Crippen LogP contribution in [0.4, 0.5) is 5.95 Å². The van der Waals surface area contributed by atoms with Crippen molar-refractivity contribution in [2.45, 2.75) is 43.6 Å². The molecule has 1 spiro atoms. The van der Waals surface area contributed by atoms with E-state index < -0.39 is 0 Å². The van der Waals surface area contributed by atoms with Crippen molar-refractivity contribution in [1.29, 1.82) is 0 Å². The first-order valence-electron chi connectivity index (χ1n) is 12.9. The molecule has 3 aromatic heterocycles. The number of aromatic nitrogens is 6. The second-order valence-electron chi connectivity index (χ2n) is 10.9. The number of hydrogen-bond donors (Lipinski definition) is 2. The molecule has 36 heavy (non-hydrogen) atoms. The fraction of sp³-hybridized carbons (Fsp3) is 0.357. The lowest BCUT2D eigenvalue weighted by atomic mass is 9.73. The Morgan fingerprint density at radius 3 is 2.50 bits per heavy atom. The lowest BCUT2D eigenvalue weighted by Gasteiger charge is -2.42. The van der Waals surface area contributed by atoms with Crippen LogP contribution >= 0.6 is 0 Å². The Hall–Kier alpha value is -3.78. The highest BCUT2D eigenvalue weighted by atomic mass is 15.4. The Balaban J connectivity index is 1.16. The molecule has 2 aromatic carbocycles. The second kappa shape index (κ2) is 7.13. The number of nitrogens with one attached hydrogen (secondary N) is 1. The normalized spacial score (nSPS) is 21.9. The molecule has 180 valence electrons. The zero-order valence-electron chi connectivity index (χ0n) is 20.1. The maximum atomic E-state index is 6.81. The van der Waals surface area contributed by atoms with Crippen LogP contribution in [0.25, 0.3) is 16.7 Å². The standard InChI is InChI=1S/C28H28N8/c29-22-20-9-5-4-6-18(20)16-27(22)12-14-35(15-13-27)26-31-24-21(25-34-30-17-36(25)26)23(32-33-24)28(10-11-28)19-7-2-1-3-8-19/h1-9,17,22H,10-16,29H2,(H,32,33)/t22-/m1/s1. The van der Waals surface area contributed by atoms with E-state index in [1.807, 2.05) is 4.40 Å². The largest absolute Gasteiger partial charge is 0.342 e. The molecular formula is C28H28N8. The van der Waals surface area contributed by atoms with E-state index in [1.54, 1.807) is 6.33 Å². The van der Waals surface area contributed by atoms with Crippen LogP contribution in [0.2, 0.25) is 0 Å². The van der Waals surface area contributed by atoms with Gasteiger partial charge in [0.1, 0.15) is 6.33 Å². The Bertz CT molecular complexity index is 1600. The number of hydrogen-bond acceptors (Lipinski definition) is 6. The number of benzene rings is 2. The van der Waals surface area contributed by atoms with Crippen LogP contribution in [0.5, 0.6) is 0 Å². The van der Waals surface area contributed by atoms with Gasteiger partial charge in [-0.15, -0.1) is 10.2 Å². The Morgan fingerprint density at radius 1 is 0.944 bits per heavy atom. The Labute approximate surface area is 208 Å². The molecule has 1 saturated heterocycles. The first kappa shape index (κ1) is 20.4. The first-order chi connectivity index (χ1) is 17.7. The topological polar surface area (TPSA) is 101 Å². The lowest BCUT2D eigenvalue weighted by Crippen LogP contribution is -2.45. The van der Waals surface area contributed by atoms with Gasteiger partial charge in [-0.25, -0.2) is 0 Å². The quantitative estimate of drug-likeness (QED) is 0.409. The van der Waals surface area contributed by atoms with Crippen LogP contribution in [0.15, 0.2) is 60.9 Å². The van der Waals surface area contributed by atoms with Gasteiger partial charge in [-0.3, -0.25) is 9.50 Å². The van der Waals surface area contributed by atoms with Crippen molar-refractivity contribution in [3.63, 3.8) is 0 Å². The van der Waals surface area contributed by atoms with Crippen LogP contribution in [-0.2, 0) is 11.8 Å². The molecule has 1 atom stereocenters. The molecule has 8 nitrogen and oxygen atoms in total. The molecule has 0 unspecified atom stereocenters. The summed E-state index contributed by atoms with van der Waals surface area (Å²) in [6.07, 6.45) is 7.11. The number of rotatable bonds is 3. The van der Waals surface area contributed by atoms with Crippen LogP contribution in [0, 0.1) is 5.41 Å². The molecule has 3 aliphatic rings. The Morgan fingerprint density at radius 2 is 1.72 bits per heavy atom. The van der Waals surface area contributed by atoms with Crippen molar-refractivity contribution >= 4 is 22.6 Å². The molecule has 0 radical (unpaired) electrons. The molecule has 1 aliphatic heterocycles. The average Bonchev–Trinajstić information content (AvgIpc) is 3.25. The summed E-state index contributed by atoms with van der Waals surface area (Å²) >= 11 is 0. The zero-order valence-corrected chi connectivity index (χ0v) is 20.1. The molecule has 5 aromatic rings. The fourth-order valence-electron chi connectivity index (χ4n) is 6.92. The third-order valence-corrected chi connectivity index (χ3v) is 9.13. The lowest BCUT2D eigenvalue weighted by molar-refractivity contribution is 0.187. The maximum Gasteiger partial charge on any atom is 0.214 e. The Kier molecular flexibility index (Phi) is 4.05. The van der Waals surface area contributed by atoms with Gasteiger partial charge < -0.3 is 10.6 Å². The van der Waals surface area contributed by atoms with Crippen molar-refractivity contribution in [3.8, 4) is 0 Å². The number of nitrogens with two attached hydrogens (primary N) is 1. The van der Waals surface area contributed by atoms with Crippen molar-refractivity contribution in [1.82, 2.24) is 29.8 Å². The van der Waals surface area contributed by atoms with Gasteiger partial charge in [0, 0.05) is 24.5 Å². The van der Waals surface area contributed by atoms with E-state index in [1.165, 1.54) is 16.7 Å². The summed E-state index contributed by atoms with van der Waals surface area (Å²) in [6, 6.07) is 19.5. The summed E-state index contributed by atoms with van der Waals surface area (Å²) in [5.74, 6) is 0.865. The highest BCUT2D eigenvalue weighted by Gasteiger charge is 2.49. The van der Waals surface area contributed by atoms with Gasteiger partial charge >= 0.3 is 0 Å². The summed E-state index contributed by atoms with van der Waals surface area (Å²) in [7, 11) is 0. The zero-order chi connectivity index (χ0) is 23.9. The summed E-state index contributed by atoms with van der Waals surface area (Å²) in [5.41, 5.74) is 13.6. The van der Waals surface area contributed by atoms with Gasteiger partial charge in [0.15, 0.2) is 11.3 Å². The van der Waals surface area contributed by atoms with Gasteiger partial charge in [-0.1, -0.05) is 54.6 Å². The number of anilines is 1. The SMILES string of the molecule is N[C@@H]1c2ccccc2CC12CCN(c1nc3n[nH]c(C4(c5ccccc5)CC4)c3c3nncn13)CC2. The van der Waals surface area contributed by atoms with E-state index in [0.717, 1.165) is 67.9 Å². The minimum Gasteiger partial charge on any atom is -0.342 e. The minimum atomic E-state index is -0.0449. The molecule has 8 heteroatoms. The van der Waals surface area contributed by atoms with Crippen LogP contribution in [0.1, 0.15) is 54.1 Å². The predicted octanol–water partition coefficient (Wildman–Crippen LogP) is 3.92. The molecular weight excluding hydrogens is 448 g/mol. The molecule has 2 aliphatic carbocycles. The molecule has 0 bridgehead atoms. The summed E-state index contributed by atoms with van der Waals surface area (Å²) in [5, 5.41) is 17.9. The van der Waals surface area contributed by atoms with Crippen molar-refractivity contribution in [2.75, 3.05) is 18.0 Å². The first-order valence-corrected chi connectivity index (χ1v) is 12.9. The summed E-state index contributed by atoms with van der Waals surface area (Å²) in [4.78, 5) is 7.42. The van der Waals surface area contributed by atoms with Gasteiger partial charge in [0.25, 0.3) is 0 Å². The molecule has 1 saturated carbocycles. The number of nitrogens with zero attached hydrogens (tertiary/aromatic N) is 6. The molecule has 3 N–H and O–H groups in total. The van der Waals surface area contributed by atoms with Crippen LogP contribution < -0.4 is 10.6 Å². The predicted molar refractivity (Wildman–Crippen MR) is 138 cm³/mol. The van der Waals surface area contributed by atoms with E-state index in [9.17, 15) is 0 Å². The van der Waals surface area contributed by atoms with E-state index in [-0.39, 0.29) is 16.9 Å². The summed E-state index contributed by atoms with van der Waals surface area (Å²) in [6.45, 7) is 1.80. The van der Waals surface area contributed by atoms with E-state index in [2.05, 4.69) is 79.9 Å². The van der Waals surface area contributed by atoms with E-state index in [4.69, 9.17) is 10.7 Å². The smallest absolute Gasteiger partial charge is 0.214 e. The molecule has 4 heterocycles. The van der Waals surface area contributed by atoms with Crippen LogP contribution in [-0.4, -0.2) is 42.9 Å². The van der Waals surface area contributed by atoms with Gasteiger partial charge in [-0.05, 0) is 54.2 Å². The highest BCUT2D eigenvalue weighted by Crippen LogP contribution is 2.55. The van der Waals surface area contributed by atoms with E-state index >= 15 is 0 Å². The number of piperidine rings is 1. The maximum absolute atomic E-state index is 6.81. The molecule has 0 amide bonds.